The van der Waals surface area contributed by atoms with Crippen LogP contribution >= 0.6 is 0 Å². The molecule has 0 aliphatic rings. The Kier molecular flexibility index (Phi) is 34.1. The molecule has 0 fully saturated rings. The van der Waals surface area contributed by atoms with E-state index in [1.165, 1.54) is 37.8 Å². The van der Waals surface area contributed by atoms with Gasteiger partial charge in [0, 0.05) is 32.1 Å². The number of primary amides is 1. The molecule has 0 saturated heterocycles. The van der Waals surface area contributed by atoms with Gasteiger partial charge in [-0.05, 0) is 61.1 Å². The van der Waals surface area contributed by atoms with E-state index in [0.717, 1.165) is 25.7 Å². The number of amides is 10. The van der Waals surface area contributed by atoms with Crippen LogP contribution in [0.15, 0.2) is 24.3 Å². The zero-order valence-corrected chi connectivity index (χ0v) is 48.2. The number of aliphatic carboxylic acids is 3. The van der Waals surface area contributed by atoms with Crippen LogP contribution in [0, 0.1) is 17.8 Å². The minimum Gasteiger partial charge on any atom is -0.508 e. The lowest BCUT2D eigenvalue weighted by molar-refractivity contribution is -0.140. The Morgan fingerprint density at radius 2 is 0.793 bits per heavy atom. The maximum atomic E-state index is 14.0. The van der Waals surface area contributed by atoms with Gasteiger partial charge in [0.2, 0.25) is 59.1 Å². The molecule has 0 aliphatic carbocycles. The second-order valence-electron chi connectivity index (χ2n) is 21.2. The van der Waals surface area contributed by atoms with Crippen molar-refractivity contribution in [1.82, 2.24) is 47.9 Å². The van der Waals surface area contributed by atoms with Crippen molar-refractivity contribution in [2.45, 2.75) is 200 Å². The van der Waals surface area contributed by atoms with Gasteiger partial charge in [0.1, 0.15) is 48.0 Å². The average molecular weight is 1160 g/mol. The van der Waals surface area contributed by atoms with E-state index >= 15 is 0 Å². The maximum Gasteiger partial charge on any atom is 0.303 e. The van der Waals surface area contributed by atoms with E-state index in [2.05, 4.69) is 54.8 Å². The molecule has 0 aliphatic heterocycles. The summed E-state index contributed by atoms with van der Waals surface area (Å²) in [5.74, 6) is -14.5. The van der Waals surface area contributed by atoms with Gasteiger partial charge in [0.25, 0.3) is 0 Å². The van der Waals surface area contributed by atoms with Crippen LogP contribution in [0.1, 0.15) is 157 Å². The predicted molar refractivity (Wildman–Crippen MR) is 298 cm³/mol. The van der Waals surface area contributed by atoms with Crippen LogP contribution in [0.4, 0.5) is 0 Å². The largest absolute Gasteiger partial charge is 0.508 e. The van der Waals surface area contributed by atoms with Crippen molar-refractivity contribution in [3.63, 3.8) is 0 Å². The molecule has 82 heavy (non-hydrogen) atoms. The molecule has 15 N–H and O–H groups in total. The Bertz CT molecular complexity index is 2310. The molecule has 0 saturated carbocycles. The van der Waals surface area contributed by atoms with Crippen LogP contribution in [0.25, 0.3) is 0 Å². The first-order valence-corrected chi connectivity index (χ1v) is 27.9. The quantitative estimate of drug-likeness (QED) is 0.0397. The summed E-state index contributed by atoms with van der Waals surface area (Å²) in [7, 11) is 0. The first kappa shape index (κ1) is 72.1. The van der Waals surface area contributed by atoms with Gasteiger partial charge in [0.15, 0.2) is 0 Å². The van der Waals surface area contributed by atoms with Crippen molar-refractivity contribution in [3.05, 3.63) is 29.8 Å². The number of hydrogen-bond acceptors (Lipinski definition) is 14. The number of aromatic hydroxyl groups is 1. The van der Waals surface area contributed by atoms with Gasteiger partial charge >= 0.3 is 17.9 Å². The summed E-state index contributed by atoms with van der Waals surface area (Å²) in [6.07, 6.45) is 6.18. The SMILES string of the molecule is CCCCCCCCCCCC(=O)N[C@@H](Cc1ccc(O)cc1)C(=O)NC(C(=O)N[C@H](C(=O)NC(C(=O)NCC(=O)NCC(=O)N[C@@H](CCC(=O)O)C(=O)NC(CCC(=O)O)C(=O)N[C@@H](CCC(=O)O)C(N)=O)C(C)C)C(C)C)C(C)C. The summed E-state index contributed by atoms with van der Waals surface area (Å²) in [6, 6.07) is -3.60. The van der Waals surface area contributed by atoms with Gasteiger partial charge in [-0.3, -0.25) is 62.3 Å². The third-order valence-electron chi connectivity index (χ3n) is 13.0. The number of unbranched alkanes of at least 4 members (excludes halogenated alkanes) is 8. The Morgan fingerprint density at radius 1 is 0.415 bits per heavy atom. The van der Waals surface area contributed by atoms with Crippen molar-refractivity contribution in [2.24, 2.45) is 23.5 Å². The van der Waals surface area contributed by atoms with Crippen molar-refractivity contribution >= 4 is 77.0 Å². The van der Waals surface area contributed by atoms with E-state index in [1.54, 1.807) is 53.7 Å². The van der Waals surface area contributed by atoms with E-state index in [9.17, 15) is 77.6 Å². The van der Waals surface area contributed by atoms with Crippen LogP contribution < -0.4 is 53.6 Å². The van der Waals surface area contributed by atoms with Gasteiger partial charge in [-0.25, -0.2) is 0 Å². The number of rotatable bonds is 42. The topological polar surface area (TPSA) is 437 Å². The van der Waals surface area contributed by atoms with Crippen molar-refractivity contribution in [1.29, 1.82) is 0 Å². The van der Waals surface area contributed by atoms with Gasteiger partial charge in [-0.1, -0.05) is 112 Å². The highest BCUT2D eigenvalue weighted by Gasteiger charge is 2.35. The average Bonchev–Trinajstić information content (AvgIpc) is 3.48. The summed E-state index contributed by atoms with van der Waals surface area (Å²) in [5.41, 5.74) is 5.90. The molecular formula is C55H88N10O17. The van der Waals surface area contributed by atoms with Crippen molar-refractivity contribution in [3.8, 4) is 5.75 Å². The molecule has 3 unspecified atom stereocenters. The summed E-state index contributed by atoms with van der Waals surface area (Å²) in [5, 5.41) is 59.4. The second-order valence-corrected chi connectivity index (χ2v) is 21.2. The number of phenolic OH excluding ortho intramolecular Hbond substituents is 1. The van der Waals surface area contributed by atoms with Crippen LogP contribution in [0.5, 0.6) is 5.75 Å². The Hall–Kier alpha value is -7.87. The van der Waals surface area contributed by atoms with E-state index in [1.807, 2.05) is 0 Å². The zero-order chi connectivity index (χ0) is 62.1. The molecule has 0 spiro atoms. The molecule has 1 aromatic rings. The lowest BCUT2D eigenvalue weighted by Crippen LogP contribution is -2.61. The smallest absolute Gasteiger partial charge is 0.303 e. The molecular weight excluding hydrogens is 1070 g/mol. The number of nitrogens with one attached hydrogen (secondary N) is 9. The molecule has 27 nitrogen and oxygen atoms in total. The fourth-order valence-electron chi connectivity index (χ4n) is 8.22. The second kappa shape index (κ2) is 38.7. The minimum atomic E-state index is -1.70. The molecule has 10 amide bonds. The van der Waals surface area contributed by atoms with E-state index < -0.39 is 183 Å². The van der Waals surface area contributed by atoms with Crippen LogP contribution in [0.2, 0.25) is 0 Å². The highest BCUT2D eigenvalue weighted by molar-refractivity contribution is 5.98. The molecule has 1 aromatic carbocycles. The molecule has 0 bridgehead atoms. The van der Waals surface area contributed by atoms with Gasteiger partial charge in [0.05, 0.1) is 13.1 Å². The first-order valence-electron chi connectivity index (χ1n) is 27.9. The predicted octanol–water partition coefficient (Wildman–Crippen LogP) is 0.529. The summed E-state index contributed by atoms with van der Waals surface area (Å²) >= 11 is 0. The third-order valence-corrected chi connectivity index (χ3v) is 13.0. The van der Waals surface area contributed by atoms with Gasteiger partial charge < -0.3 is 74.0 Å². The first-order chi connectivity index (χ1) is 38.6. The molecule has 0 heterocycles. The van der Waals surface area contributed by atoms with Crippen LogP contribution in [-0.4, -0.2) is 153 Å². The number of carbonyl (C=O) groups excluding carboxylic acids is 10. The summed E-state index contributed by atoms with van der Waals surface area (Å²) in [4.78, 5) is 167. The maximum absolute atomic E-state index is 14.0. The number of nitrogens with two attached hydrogens (primary N) is 1. The van der Waals surface area contributed by atoms with Crippen LogP contribution in [0.3, 0.4) is 0 Å². The highest BCUT2D eigenvalue weighted by Crippen LogP contribution is 2.15. The Morgan fingerprint density at radius 3 is 1.24 bits per heavy atom. The van der Waals surface area contributed by atoms with E-state index in [4.69, 9.17) is 10.8 Å². The molecule has 460 valence electrons. The number of hydrogen-bond donors (Lipinski definition) is 14. The number of carbonyl (C=O) groups is 13. The third kappa shape index (κ3) is 30.1. The lowest BCUT2D eigenvalue weighted by atomic mass is 9.97. The monoisotopic (exact) mass is 1160 g/mol. The van der Waals surface area contributed by atoms with Gasteiger partial charge in [-0.2, -0.15) is 0 Å². The standard InChI is InChI=1S/C55H88N10O17/c1-8-9-10-11-12-13-14-15-16-17-40(67)60-39(28-34-18-20-35(66)21-19-34)52(79)63-47(32(4)5)54(81)65-48(33(6)7)55(82)64-46(31(2)3)53(80)58-29-41(68)57-30-42(69)59-37(23-26-44(72)73)50(77)62-38(24-27-45(74)75)51(78)61-36(49(56)76)22-25-43(70)71/h18-21,31-33,36-39,46-48,66H,8-17,22-30H2,1-7H3,(H2,56,76)(H,57,68)(H,58,80)(H,59,69)(H,60,67)(H,61,78)(H,62,77)(H,63,79)(H,64,82)(H,65,81)(H,70,71)(H,72,73)(H,74,75)/t36-,37-,38?,39-,46?,47?,48-/m0/s1. The minimum absolute atomic E-state index is 0.0103. The van der Waals surface area contributed by atoms with E-state index in [-0.39, 0.29) is 24.5 Å². The zero-order valence-electron chi connectivity index (χ0n) is 48.2. The molecule has 0 radical (unpaired) electrons. The lowest BCUT2D eigenvalue weighted by Gasteiger charge is -2.30. The number of phenols is 1. The molecule has 7 atom stereocenters. The molecule has 1 rings (SSSR count). The highest BCUT2D eigenvalue weighted by atomic mass is 16.4. The van der Waals surface area contributed by atoms with Crippen LogP contribution in [-0.2, 0) is 68.7 Å². The Labute approximate surface area is 478 Å². The van der Waals surface area contributed by atoms with Crippen molar-refractivity contribution in [2.75, 3.05) is 13.1 Å². The number of carboxylic acids is 3. The number of benzene rings is 1. The molecule has 0 aromatic heterocycles. The van der Waals surface area contributed by atoms with E-state index in [0.29, 0.717) is 12.0 Å². The van der Waals surface area contributed by atoms with Gasteiger partial charge in [-0.15, -0.1) is 0 Å². The number of carboxylic acid groups (broad SMARTS) is 3. The molecule has 27 heteroatoms. The fourth-order valence-corrected chi connectivity index (χ4v) is 8.22. The fraction of sp³-hybridized carbons (Fsp3) is 0.655. The Balaban J connectivity index is 3.05. The van der Waals surface area contributed by atoms with Crippen molar-refractivity contribution < 1.29 is 82.8 Å². The normalized spacial score (nSPS) is 13.6. The summed E-state index contributed by atoms with van der Waals surface area (Å²) < 4.78 is 0. The summed E-state index contributed by atoms with van der Waals surface area (Å²) in [6.45, 7) is 10.5.